The largest absolute Gasteiger partial charge is 0.480 e. The van der Waals surface area contributed by atoms with E-state index in [1.165, 1.54) is 14.7 Å². The topological polar surface area (TPSA) is 197 Å². The molecule has 1 saturated heterocycles. The number of carbonyl (C=O) groups is 6. The van der Waals surface area contributed by atoms with Gasteiger partial charge in [-0.2, -0.15) is 5.06 Å². The van der Waals surface area contributed by atoms with Gasteiger partial charge in [0.1, 0.15) is 0 Å². The molecule has 0 spiro atoms. The Morgan fingerprint density at radius 3 is 1.70 bits per heavy atom. The second kappa shape index (κ2) is 14.4. The van der Waals surface area contributed by atoms with E-state index >= 15 is 0 Å². The van der Waals surface area contributed by atoms with Gasteiger partial charge >= 0.3 is 23.9 Å². The van der Waals surface area contributed by atoms with Crippen LogP contribution < -0.4 is 5.32 Å². The van der Waals surface area contributed by atoms with Crippen LogP contribution >= 0.6 is 0 Å². The number of hydrogen-bond acceptors (Lipinski definition) is 10. The van der Waals surface area contributed by atoms with Crippen molar-refractivity contribution >= 4 is 35.7 Å². The van der Waals surface area contributed by atoms with Crippen LogP contribution in [0.2, 0.25) is 0 Å². The third kappa shape index (κ3) is 9.34. The summed E-state index contributed by atoms with van der Waals surface area (Å²) in [5, 5.41) is 31.9. The number of aliphatic carboxylic acids is 3. The van der Waals surface area contributed by atoms with Gasteiger partial charge in [-0.15, -0.1) is 0 Å². The Kier molecular flexibility index (Phi) is 11.0. The monoisotopic (exact) mass is 609 g/mol. The van der Waals surface area contributed by atoms with Crippen molar-refractivity contribution < 1.29 is 48.9 Å². The van der Waals surface area contributed by atoms with Gasteiger partial charge in [0.05, 0.1) is 44.7 Å². The maximum Gasteiger partial charge on any atom is 0.338 e. The molecule has 0 aromatic heterocycles. The number of nitrogens with zero attached hydrogens (tertiary/aromatic N) is 4. The van der Waals surface area contributed by atoms with Crippen molar-refractivity contribution in [1.29, 1.82) is 0 Å². The van der Waals surface area contributed by atoms with Crippen LogP contribution in [0.3, 0.4) is 0 Å². The Bertz CT molecular complexity index is 1050. The standard InChI is InChI=1S/C28H43N5O10/c34-22-14-31(17-25(38)39)6-4-30(16-24(36)37)5-7-32(18-26(40)41)15-23(35)33(3-1-2-29-22)43-27(42)28-11-19-8-20(12-28)10-21(9-19)13-28/h19-21H,1-18H2,(H,29,34)(H,36,37)(H,38,39)(H,40,41). The SMILES string of the molecule is O=C(O)CN1CCN(CC(=O)O)CC(=O)NCCCN(OC(=O)C23CC4CC(CC(C4)C2)C3)C(=O)CN(CC(=O)O)CC1. The average Bonchev–Trinajstić information content (AvgIpc) is 2.89. The number of carboxylic acid groups (broad SMARTS) is 3. The molecule has 1 aliphatic heterocycles. The number of carboxylic acids is 3. The van der Waals surface area contributed by atoms with Crippen LogP contribution in [0.4, 0.5) is 0 Å². The highest BCUT2D eigenvalue weighted by molar-refractivity contribution is 5.83. The van der Waals surface area contributed by atoms with Gasteiger partial charge in [0.15, 0.2) is 0 Å². The second-order valence-electron chi connectivity index (χ2n) is 12.7. The van der Waals surface area contributed by atoms with E-state index in [4.69, 9.17) is 4.84 Å². The molecule has 4 aliphatic carbocycles. The number of hydroxylamine groups is 2. The molecule has 1 heterocycles. The first-order chi connectivity index (χ1) is 20.4. The first-order valence-corrected chi connectivity index (χ1v) is 15.0. The molecule has 0 aromatic carbocycles. The number of amides is 2. The lowest BCUT2D eigenvalue weighted by molar-refractivity contribution is -0.217. The molecule has 4 saturated carbocycles. The molecule has 5 aliphatic rings. The van der Waals surface area contributed by atoms with E-state index < -0.39 is 60.7 Å². The fourth-order valence-corrected chi connectivity index (χ4v) is 7.60. The Morgan fingerprint density at radius 2 is 1.19 bits per heavy atom. The normalized spacial score (nSPS) is 30.1. The molecule has 5 fully saturated rings. The Labute approximate surface area is 250 Å². The van der Waals surface area contributed by atoms with Crippen LogP contribution in [-0.2, 0) is 33.6 Å². The van der Waals surface area contributed by atoms with E-state index in [2.05, 4.69) is 5.32 Å². The van der Waals surface area contributed by atoms with Crippen LogP contribution in [0.25, 0.3) is 0 Å². The zero-order valence-corrected chi connectivity index (χ0v) is 24.4. The molecule has 4 bridgehead atoms. The third-order valence-corrected chi connectivity index (χ3v) is 9.07. The molecule has 0 radical (unpaired) electrons. The minimum absolute atomic E-state index is 0.0154. The third-order valence-electron chi connectivity index (χ3n) is 9.07. The second-order valence-corrected chi connectivity index (χ2v) is 12.7. The van der Waals surface area contributed by atoms with Crippen LogP contribution in [0, 0.1) is 23.2 Å². The van der Waals surface area contributed by atoms with Crippen molar-refractivity contribution in [1.82, 2.24) is 25.1 Å². The Hall–Kier alpha value is -3.30. The summed E-state index contributed by atoms with van der Waals surface area (Å²) in [5.74, 6) is -3.48. The van der Waals surface area contributed by atoms with Crippen molar-refractivity contribution in [2.75, 3.05) is 72.0 Å². The zero-order chi connectivity index (χ0) is 31.1. The summed E-state index contributed by atoms with van der Waals surface area (Å²) in [6.07, 6.45) is 5.86. The number of hydrogen-bond donors (Lipinski definition) is 4. The van der Waals surface area contributed by atoms with Gasteiger partial charge in [-0.05, 0) is 62.7 Å². The van der Waals surface area contributed by atoms with Gasteiger partial charge in [0, 0.05) is 32.7 Å². The van der Waals surface area contributed by atoms with Gasteiger partial charge in [0.25, 0.3) is 5.91 Å². The van der Waals surface area contributed by atoms with Crippen molar-refractivity contribution in [2.45, 2.75) is 44.9 Å². The lowest BCUT2D eigenvalue weighted by Gasteiger charge is -2.55. The van der Waals surface area contributed by atoms with Gasteiger partial charge in [-0.1, -0.05) is 0 Å². The summed E-state index contributed by atoms with van der Waals surface area (Å²) < 4.78 is 0. The average molecular weight is 610 g/mol. The summed E-state index contributed by atoms with van der Waals surface area (Å²) >= 11 is 0. The molecule has 43 heavy (non-hydrogen) atoms. The molecule has 0 aromatic rings. The maximum atomic E-state index is 13.6. The van der Waals surface area contributed by atoms with Crippen LogP contribution in [0.1, 0.15) is 44.9 Å². The quantitative estimate of drug-likeness (QED) is 0.266. The molecule has 240 valence electrons. The van der Waals surface area contributed by atoms with Crippen LogP contribution in [-0.4, -0.2) is 143 Å². The first kappa shape index (κ1) is 32.6. The van der Waals surface area contributed by atoms with Crippen molar-refractivity contribution in [3.63, 3.8) is 0 Å². The van der Waals surface area contributed by atoms with Crippen LogP contribution in [0.15, 0.2) is 0 Å². The van der Waals surface area contributed by atoms with E-state index in [0.29, 0.717) is 17.8 Å². The summed E-state index contributed by atoms with van der Waals surface area (Å²) in [4.78, 5) is 84.2. The Balaban J connectivity index is 1.50. The van der Waals surface area contributed by atoms with E-state index in [0.717, 1.165) is 43.6 Å². The van der Waals surface area contributed by atoms with Crippen molar-refractivity contribution in [3.8, 4) is 0 Å². The lowest BCUT2D eigenvalue weighted by atomic mass is 9.49. The number of carbonyl (C=O) groups excluding carboxylic acids is 3. The predicted molar refractivity (Wildman–Crippen MR) is 148 cm³/mol. The van der Waals surface area contributed by atoms with E-state index in [9.17, 15) is 44.1 Å². The molecular weight excluding hydrogens is 566 g/mol. The Morgan fingerprint density at radius 1 is 0.721 bits per heavy atom. The molecule has 5 rings (SSSR count). The minimum atomic E-state index is -1.18. The summed E-state index contributed by atoms with van der Waals surface area (Å²) in [5.41, 5.74) is -0.621. The highest BCUT2D eigenvalue weighted by Crippen LogP contribution is 2.60. The van der Waals surface area contributed by atoms with E-state index in [1.54, 1.807) is 0 Å². The van der Waals surface area contributed by atoms with Gasteiger partial charge in [-0.25, -0.2) is 4.79 Å². The maximum absolute atomic E-state index is 13.6. The van der Waals surface area contributed by atoms with E-state index in [1.807, 2.05) is 0 Å². The predicted octanol–water partition coefficient (Wildman–Crippen LogP) is -0.831. The molecule has 15 heteroatoms. The fourth-order valence-electron chi connectivity index (χ4n) is 7.60. The molecule has 15 nitrogen and oxygen atoms in total. The fraction of sp³-hybridized carbons (Fsp3) is 0.786. The van der Waals surface area contributed by atoms with E-state index in [-0.39, 0.29) is 58.8 Å². The highest BCUT2D eigenvalue weighted by atomic mass is 16.7. The molecule has 4 N–H and O–H groups in total. The molecular formula is C28H43N5O10. The van der Waals surface area contributed by atoms with Crippen LogP contribution in [0.5, 0.6) is 0 Å². The van der Waals surface area contributed by atoms with Crippen molar-refractivity contribution in [2.24, 2.45) is 23.2 Å². The van der Waals surface area contributed by atoms with Crippen molar-refractivity contribution in [3.05, 3.63) is 0 Å². The highest BCUT2D eigenvalue weighted by Gasteiger charge is 2.56. The number of nitrogens with one attached hydrogen (secondary N) is 1. The zero-order valence-electron chi connectivity index (χ0n) is 24.4. The van der Waals surface area contributed by atoms with Gasteiger partial charge < -0.3 is 25.5 Å². The first-order valence-electron chi connectivity index (χ1n) is 15.0. The minimum Gasteiger partial charge on any atom is -0.480 e. The summed E-state index contributed by atoms with van der Waals surface area (Å²) in [6.45, 7) is -1.58. The summed E-state index contributed by atoms with van der Waals surface area (Å²) in [6, 6.07) is 0. The summed E-state index contributed by atoms with van der Waals surface area (Å²) in [7, 11) is 0. The smallest absolute Gasteiger partial charge is 0.338 e. The molecule has 0 atom stereocenters. The van der Waals surface area contributed by atoms with Gasteiger partial charge in [-0.3, -0.25) is 38.7 Å². The molecule has 0 unspecified atom stereocenters. The lowest BCUT2D eigenvalue weighted by Crippen LogP contribution is -2.53. The number of rotatable bonds is 8. The molecule has 2 amide bonds. The van der Waals surface area contributed by atoms with Gasteiger partial charge in [0.2, 0.25) is 5.91 Å².